The average molecular weight is 319 g/mol. The Morgan fingerprint density at radius 3 is 2.55 bits per heavy atom. The molecule has 116 valence electrons. The summed E-state index contributed by atoms with van der Waals surface area (Å²) in [7, 11) is 0. The second-order valence-electron chi connectivity index (χ2n) is 4.69. The van der Waals surface area contributed by atoms with Gasteiger partial charge in [-0.25, -0.2) is 0 Å². The fourth-order valence-electron chi connectivity index (χ4n) is 1.71. The van der Waals surface area contributed by atoms with Crippen molar-refractivity contribution in [2.24, 2.45) is 0 Å². The maximum absolute atomic E-state index is 11.8. The summed E-state index contributed by atoms with van der Waals surface area (Å²) < 4.78 is 5.11. The number of anilines is 2. The molecule has 4 N–H and O–H groups in total. The second kappa shape index (κ2) is 7.08. The standard InChI is InChI=1S/C14H17N5O2S/c1-8-3-4-9(2)10(5-8)22-7-12(20)21-6-11-17-13(15)19-14(16)18-11/h3-5H,6-7H2,1-2H3,(H4,15,16,17,18,19). The number of aromatic nitrogens is 3. The molecule has 0 bridgehead atoms. The third-order valence-electron chi connectivity index (χ3n) is 2.77. The number of nitrogen functional groups attached to an aromatic ring is 2. The first kappa shape index (κ1) is 16.0. The highest BCUT2D eigenvalue weighted by Crippen LogP contribution is 2.23. The molecule has 1 aromatic carbocycles. The first-order chi connectivity index (χ1) is 10.4. The van der Waals surface area contributed by atoms with Crippen LogP contribution in [0.5, 0.6) is 0 Å². The minimum atomic E-state index is -0.358. The molecule has 0 spiro atoms. The van der Waals surface area contributed by atoms with Gasteiger partial charge in [0.15, 0.2) is 12.4 Å². The fourth-order valence-corrected chi connectivity index (χ4v) is 2.63. The van der Waals surface area contributed by atoms with Gasteiger partial charge in [-0.05, 0) is 25.5 Å². The lowest BCUT2D eigenvalue weighted by Gasteiger charge is -2.07. The van der Waals surface area contributed by atoms with Crippen molar-refractivity contribution in [3.05, 3.63) is 35.2 Å². The number of ether oxygens (including phenoxy) is 1. The number of nitrogens with two attached hydrogens (primary N) is 2. The molecule has 7 nitrogen and oxygen atoms in total. The Hall–Kier alpha value is -2.35. The summed E-state index contributed by atoms with van der Waals surface area (Å²) in [4.78, 5) is 24.2. The SMILES string of the molecule is Cc1ccc(C)c(SCC(=O)OCc2nc(N)nc(N)n2)c1. The van der Waals surface area contributed by atoms with E-state index >= 15 is 0 Å². The van der Waals surface area contributed by atoms with Crippen LogP contribution < -0.4 is 11.5 Å². The van der Waals surface area contributed by atoms with Gasteiger partial charge in [-0.3, -0.25) is 4.79 Å². The summed E-state index contributed by atoms with van der Waals surface area (Å²) in [5, 5.41) is 0. The van der Waals surface area contributed by atoms with E-state index in [1.54, 1.807) is 0 Å². The Morgan fingerprint density at radius 1 is 1.18 bits per heavy atom. The van der Waals surface area contributed by atoms with E-state index < -0.39 is 0 Å². The Labute approximate surface area is 132 Å². The number of hydrogen-bond donors (Lipinski definition) is 2. The molecule has 2 aromatic rings. The molecule has 0 aliphatic carbocycles. The van der Waals surface area contributed by atoms with Crippen LogP contribution in [-0.2, 0) is 16.1 Å². The summed E-state index contributed by atoms with van der Waals surface area (Å²) >= 11 is 1.43. The van der Waals surface area contributed by atoms with Gasteiger partial charge < -0.3 is 16.2 Å². The van der Waals surface area contributed by atoms with Gasteiger partial charge in [0.25, 0.3) is 0 Å². The topological polar surface area (TPSA) is 117 Å². The van der Waals surface area contributed by atoms with E-state index in [1.807, 2.05) is 32.0 Å². The molecular formula is C14H17N5O2S. The van der Waals surface area contributed by atoms with E-state index in [9.17, 15) is 4.79 Å². The van der Waals surface area contributed by atoms with Crippen LogP contribution in [0.1, 0.15) is 17.0 Å². The molecular weight excluding hydrogens is 302 g/mol. The van der Waals surface area contributed by atoms with E-state index in [1.165, 1.54) is 11.8 Å². The van der Waals surface area contributed by atoms with E-state index in [0.717, 1.165) is 16.0 Å². The Kier molecular flexibility index (Phi) is 5.16. The van der Waals surface area contributed by atoms with Crippen molar-refractivity contribution in [1.82, 2.24) is 15.0 Å². The molecule has 0 atom stereocenters. The van der Waals surface area contributed by atoms with Crippen molar-refractivity contribution in [1.29, 1.82) is 0 Å². The Balaban J connectivity index is 1.86. The quantitative estimate of drug-likeness (QED) is 0.629. The summed E-state index contributed by atoms with van der Waals surface area (Å²) in [6.45, 7) is 3.93. The number of esters is 1. The van der Waals surface area contributed by atoms with Crippen molar-refractivity contribution in [2.45, 2.75) is 25.3 Å². The Morgan fingerprint density at radius 2 is 1.86 bits per heavy atom. The zero-order valence-electron chi connectivity index (χ0n) is 12.4. The van der Waals surface area contributed by atoms with Crippen LogP contribution >= 0.6 is 11.8 Å². The number of carbonyl (C=O) groups is 1. The van der Waals surface area contributed by atoms with E-state index in [0.29, 0.717) is 0 Å². The molecule has 2 rings (SSSR count). The number of hydrogen-bond acceptors (Lipinski definition) is 8. The molecule has 0 aliphatic rings. The third kappa shape index (κ3) is 4.59. The van der Waals surface area contributed by atoms with Crippen molar-refractivity contribution < 1.29 is 9.53 Å². The lowest BCUT2D eigenvalue weighted by Crippen LogP contribution is -2.12. The fraction of sp³-hybridized carbons (Fsp3) is 0.286. The first-order valence-corrected chi connectivity index (χ1v) is 7.54. The highest BCUT2D eigenvalue weighted by molar-refractivity contribution is 8.00. The molecule has 8 heteroatoms. The van der Waals surface area contributed by atoms with Gasteiger partial charge >= 0.3 is 5.97 Å². The van der Waals surface area contributed by atoms with Crippen LogP contribution in [0, 0.1) is 13.8 Å². The van der Waals surface area contributed by atoms with Gasteiger partial charge in [-0.1, -0.05) is 17.7 Å². The predicted octanol–water partition coefficient (Wildman–Crippen LogP) is 1.49. The molecule has 0 fully saturated rings. The summed E-state index contributed by atoms with van der Waals surface area (Å²) in [6.07, 6.45) is 0. The van der Waals surface area contributed by atoms with Crippen molar-refractivity contribution in [3.8, 4) is 0 Å². The molecule has 1 heterocycles. The van der Waals surface area contributed by atoms with Crippen LogP contribution in [-0.4, -0.2) is 26.7 Å². The van der Waals surface area contributed by atoms with Gasteiger partial charge in [-0.15, -0.1) is 11.8 Å². The van der Waals surface area contributed by atoms with E-state index in [-0.39, 0.29) is 36.1 Å². The Bertz CT molecular complexity index is 673. The number of rotatable bonds is 5. The lowest BCUT2D eigenvalue weighted by atomic mass is 10.2. The monoisotopic (exact) mass is 319 g/mol. The molecule has 1 aromatic heterocycles. The van der Waals surface area contributed by atoms with Gasteiger partial charge in [0.05, 0.1) is 5.75 Å². The zero-order chi connectivity index (χ0) is 16.1. The van der Waals surface area contributed by atoms with Crippen LogP contribution in [0.25, 0.3) is 0 Å². The largest absolute Gasteiger partial charge is 0.457 e. The van der Waals surface area contributed by atoms with Crippen molar-refractivity contribution in [3.63, 3.8) is 0 Å². The van der Waals surface area contributed by atoms with Crippen LogP contribution in [0.4, 0.5) is 11.9 Å². The number of thioether (sulfide) groups is 1. The first-order valence-electron chi connectivity index (χ1n) is 6.55. The second-order valence-corrected chi connectivity index (χ2v) is 5.70. The molecule has 0 unspecified atom stereocenters. The predicted molar refractivity (Wildman–Crippen MR) is 85.1 cm³/mol. The van der Waals surface area contributed by atoms with Gasteiger partial charge in [0, 0.05) is 4.90 Å². The van der Waals surface area contributed by atoms with Crippen molar-refractivity contribution >= 4 is 29.6 Å². The van der Waals surface area contributed by atoms with Gasteiger partial charge in [-0.2, -0.15) is 15.0 Å². The van der Waals surface area contributed by atoms with Crippen LogP contribution in [0.3, 0.4) is 0 Å². The number of nitrogens with zero attached hydrogens (tertiary/aromatic N) is 3. The zero-order valence-corrected chi connectivity index (χ0v) is 13.2. The molecule has 0 saturated carbocycles. The normalized spacial score (nSPS) is 10.5. The maximum atomic E-state index is 11.8. The molecule has 0 aliphatic heterocycles. The van der Waals surface area contributed by atoms with Gasteiger partial charge in [0.2, 0.25) is 11.9 Å². The maximum Gasteiger partial charge on any atom is 0.316 e. The number of carbonyl (C=O) groups excluding carboxylic acids is 1. The highest BCUT2D eigenvalue weighted by atomic mass is 32.2. The summed E-state index contributed by atoms with van der Waals surface area (Å²) in [5.74, 6) is 0.0885. The molecule has 0 amide bonds. The van der Waals surface area contributed by atoms with Gasteiger partial charge in [0.1, 0.15) is 0 Å². The summed E-state index contributed by atoms with van der Waals surface area (Å²) in [5.41, 5.74) is 13.2. The van der Waals surface area contributed by atoms with E-state index in [4.69, 9.17) is 16.2 Å². The smallest absolute Gasteiger partial charge is 0.316 e. The number of aryl methyl sites for hydroxylation is 2. The average Bonchev–Trinajstić information content (AvgIpc) is 2.45. The molecule has 0 saturated heterocycles. The lowest BCUT2D eigenvalue weighted by molar-refractivity contribution is -0.141. The van der Waals surface area contributed by atoms with Crippen LogP contribution in [0.2, 0.25) is 0 Å². The third-order valence-corrected chi connectivity index (χ3v) is 3.90. The minimum Gasteiger partial charge on any atom is -0.457 e. The highest BCUT2D eigenvalue weighted by Gasteiger charge is 2.09. The van der Waals surface area contributed by atoms with E-state index in [2.05, 4.69) is 15.0 Å². The van der Waals surface area contributed by atoms with Crippen LogP contribution in [0.15, 0.2) is 23.1 Å². The summed E-state index contributed by atoms with van der Waals surface area (Å²) in [6, 6.07) is 6.10. The number of benzene rings is 1. The minimum absolute atomic E-state index is 0.00306. The molecule has 0 radical (unpaired) electrons. The molecule has 22 heavy (non-hydrogen) atoms. The van der Waals surface area contributed by atoms with Crippen molar-refractivity contribution in [2.75, 3.05) is 17.2 Å².